The Labute approximate surface area is 63.4 Å². The molecule has 0 aliphatic heterocycles. The standard InChI is InChI=1S/C7H7NO3/c9-5-6-3-1-2-4-7(6)8(10)11/h1,3,5H,2,4H2. The maximum absolute atomic E-state index is 10.3. The van der Waals surface area contributed by atoms with Crippen molar-refractivity contribution < 1.29 is 9.72 Å². The molecule has 4 heteroatoms. The summed E-state index contributed by atoms with van der Waals surface area (Å²) in [7, 11) is 0. The largest absolute Gasteiger partial charge is 0.298 e. The summed E-state index contributed by atoms with van der Waals surface area (Å²) in [5, 5.41) is 10.3. The number of carbonyl (C=O) groups excluding carboxylic acids is 1. The van der Waals surface area contributed by atoms with Gasteiger partial charge in [-0.05, 0) is 12.5 Å². The zero-order valence-corrected chi connectivity index (χ0v) is 5.82. The molecule has 0 atom stereocenters. The Morgan fingerprint density at radius 1 is 1.64 bits per heavy atom. The van der Waals surface area contributed by atoms with Crippen LogP contribution in [0.4, 0.5) is 0 Å². The number of nitrogens with zero attached hydrogens (tertiary/aromatic N) is 1. The van der Waals surface area contributed by atoms with Crippen molar-refractivity contribution in [1.82, 2.24) is 0 Å². The minimum atomic E-state index is -0.493. The zero-order chi connectivity index (χ0) is 8.27. The van der Waals surface area contributed by atoms with Crippen molar-refractivity contribution in [3.63, 3.8) is 0 Å². The molecule has 1 aliphatic carbocycles. The van der Waals surface area contributed by atoms with Gasteiger partial charge in [-0.1, -0.05) is 6.08 Å². The Morgan fingerprint density at radius 2 is 2.36 bits per heavy atom. The van der Waals surface area contributed by atoms with E-state index in [1.54, 1.807) is 6.08 Å². The van der Waals surface area contributed by atoms with Gasteiger partial charge in [-0.15, -0.1) is 0 Å². The van der Waals surface area contributed by atoms with Crippen LogP contribution in [0.15, 0.2) is 23.4 Å². The molecule has 0 saturated carbocycles. The average molecular weight is 153 g/mol. The van der Waals surface area contributed by atoms with E-state index in [-0.39, 0.29) is 11.3 Å². The van der Waals surface area contributed by atoms with Crippen LogP contribution in [0.3, 0.4) is 0 Å². The maximum Gasteiger partial charge on any atom is 0.256 e. The Balaban J connectivity index is 3.00. The highest BCUT2D eigenvalue weighted by Gasteiger charge is 2.17. The fourth-order valence-corrected chi connectivity index (χ4v) is 0.975. The summed E-state index contributed by atoms with van der Waals surface area (Å²) >= 11 is 0. The summed E-state index contributed by atoms with van der Waals surface area (Å²) in [6, 6.07) is 0. The van der Waals surface area contributed by atoms with Gasteiger partial charge in [0.05, 0.1) is 10.5 Å². The van der Waals surface area contributed by atoms with Crippen molar-refractivity contribution in [2.45, 2.75) is 12.8 Å². The van der Waals surface area contributed by atoms with Crippen molar-refractivity contribution in [3.8, 4) is 0 Å². The summed E-state index contributed by atoms with van der Waals surface area (Å²) in [6.07, 6.45) is 4.78. The van der Waals surface area contributed by atoms with Crippen molar-refractivity contribution in [2.24, 2.45) is 0 Å². The van der Waals surface area contributed by atoms with Crippen LogP contribution in [0.2, 0.25) is 0 Å². The molecule has 4 nitrogen and oxygen atoms in total. The topological polar surface area (TPSA) is 60.2 Å². The molecule has 0 aromatic heterocycles. The van der Waals surface area contributed by atoms with Crippen molar-refractivity contribution in [2.75, 3.05) is 0 Å². The number of hydrogen-bond acceptors (Lipinski definition) is 3. The third kappa shape index (κ3) is 1.52. The minimum Gasteiger partial charge on any atom is -0.298 e. The molecule has 0 fully saturated rings. The quantitative estimate of drug-likeness (QED) is 0.338. The number of allylic oxidation sites excluding steroid dienone is 4. The molecule has 1 rings (SSSR count). The van der Waals surface area contributed by atoms with Gasteiger partial charge in [-0.3, -0.25) is 14.9 Å². The predicted octanol–water partition coefficient (Wildman–Crippen LogP) is 1.07. The molecular formula is C7H7NO3. The van der Waals surface area contributed by atoms with Crippen LogP contribution in [0, 0.1) is 10.1 Å². The summed E-state index contributed by atoms with van der Waals surface area (Å²) in [6.45, 7) is 0. The monoisotopic (exact) mass is 153 g/mol. The van der Waals surface area contributed by atoms with Crippen LogP contribution in [0.5, 0.6) is 0 Å². The molecule has 0 bridgehead atoms. The van der Waals surface area contributed by atoms with Gasteiger partial charge in [0.25, 0.3) is 5.70 Å². The SMILES string of the molecule is O=CC1=C([N+](=O)[O-])CCC=C1. The smallest absolute Gasteiger partial charge is 0.256 e. The number of nitro groups is 1. The van der Waals surface area contributed by atoms with Gasteiger partial charge < -0.3 is 0 Å². The van der Waals surface area contributed by atoms with E-state index in [0.29, 0.717) is 19.1 Å². The Morgan fingerprint density at radius 3 is 2.82 bits per heavy atom. The Kier molecular flexibility index (Phi) is 2.15. The second-order valence-electron chi connectivity index (χ2n) is 2.22. The molecule has 0 unspecified atom stereocenters. The molecule has 0 N–H and O–H groups in total. The number of hydrogen-bond donors (Lipinski definition) is 0. The lowest BCUT2D eigenvalue weighted by Crippen LogP contribution is -2.05. The molecule has 0 aromatic rings. The lowest BCUT2D eigenvalue weighted by Gasteiger charge is -2.02. The Hall–Kier alpha value is -1.45. The number of carbonyl (C=O) groups is 1. The van der Waals surface area contributed by atoms with E-state index in [9.17, 15) is 14.9 Å². The first-order valence-corrected chi connectivity index (χ1v) is 3.25. The van der Waals surface area contributed by atoms with E-state index in [4.69, 9.17) is 0 Å². The fourth-order valence-electron chi connectivity index (χ4n) is 0.975. The first kappa shape index (κ1) is 7.65. The summed E-state index contributed by atoms with van der Waals surface area (Å²) in [5.41, 5.74) is 0.226. The van der Waals surface area contributed by atoms with E-state index >= 15 is 0 Å². The highest BCUT2D eigenvalue weighted by molar-refractivity contribution is 5.78. The molecule has 11 heavy (non-hydrogen) atoms. The summed E-state index contributed by atoms with van der Waals surface area (Å²) in [4.78, 5) is 20.0. The van der Waals surface area contributed by atoms with Crippen LogP contribution in [-0.4, -0.2) is 11.2 Å². The van der Waals surface area contributed by atoms with Crippen molar-refractivity contribution in [3.05, 3.63) is 33.5 Å². The fraction of sp³-hybridized carbons (Fsp3) is 0.286. The average Bonchev–Trinajstić information content (AvgIpc) is 2.04. The minimum absolute atomic E-state index is 0.0301. The second kappa shape index (κ2) is 3.09. The number of aldehydes is 1. The molecule has 0 saturated heterocycles. The van der Waals surface area contributed by atoms with Crippen LogP contribution >= 0.6 is 0 Å². The highest BCUT2D eigenvalue weighted by Crippen LogP contribution is 2.17. The van der Waals surface area contributed by atoms with E-state index < -0.39 is 4.92 Å². The van der Waals surface area contributed by atoms with Gasteiger partial charge in [-0.2, -0.15) is 0 Å². The van der Waals surface area contributed by atoms with Crippen LogP contribution in [0.1, 0.15) is 12.8 Å². The van der Waals surface area contributed by atoms with Crippen molar-refractivity contribution in [1.29, 1.82) is 0 Å². The van der Waals surface area contributed by atoms with Crippen LogP contribution < -0.4 is 0 Å². The lowest BCUT2D eigenvalue weighted by atomic mass is 10.1. The van der Waals surface area contributed by atoms with E-state index in [1.165, 1.54) is 6.08 Å². The lowest BCUT2D eigenvalue weighted by molar-refractivity contribution is -0.428. The van der Waals surface area contributed by atoms with Crippen molar-refractivity contribution >= 4 is 6.29 Å². The first-order chi connectivity index (χ1) is 5.25. The second-order valence-corrected chi connectivity index (χ2v) is 2.22. The van der Waals surface area contributed by atoms with Gasteiger partial charge in [0.1, 0.15) is 0 Å². The van der Waals surface area contributed by atoms with Gasteiger partial charge in [0.2, 0.25) is 0 Å². The molecule has 0 heterocycles. The van der Waals surface area contributed by atoms with Gasteiger partial charge in [-0.25, -0.2) is 0 Å². The van der Waals surface area contributed by atoms with Gasteiger partial charge in [0, 0.05) is 6.42 Å². The summed E-state index contributed by atoms with van der Waals surface area (Å²) < 4.78 is 0. The molecule has 1 aliphatic rings. The maximum atomic E-state index is 10.3. The van der Waals surface area contributed by atoms with Gasteiger partial charge >= 0.3 is 0 Å². The van der Waals surface area contributed by atoms with Crippen LogP contribution in [-0.2, 0) is 4.79 Å². The summed E-state index contributed by atoms with van der Waals surface area (Å²) in [5.74, 6) is 0. The highest BCUT2D eigenvalue weighted by atomic mass is 16.6. The molecule has 58 valence electrons. The van der Waals surface area contributed by atoms with E-state index in [1.807, 2.05) is 0 Å². The third-order valence-electron chi connectivity index (χ3n) is 1.53. The molecule has 0 aromatic carbocycles. The first-order valence-electron chi connectivity index (χ1n) is 3.25. The normalized spacial score (nSPS) is 16.7. The molecule has 0 amide bonds. The van der Waals surface area contributed by atoms with E-state index in [2.05, 4.69) is 0 Å². The number of rotatable bonds is 2. The molecule has 0 spiro atoms. The predicted molar refractivity (Wildman–Crippen MR) is 38.5 cm³/mol. The van der Waals surface area contributed by atoms with E-state index in [0.717, 1.165) is 0 Å². The van der Waals surface area contributed by atoms with Crippen LogP contribution in [0.25, 0.3) is 0 Å². The third-order valence-corrected chi connectivity index (χ3v) is 1.53. The Bertz CT molecular complexity index is 252. The molecular weight excluding hydrogens is 146 g/mol. The zero-order valence-electron chi connectivity index (χ0n) is 5.82. The molecule has 0 radical (unpaired) electrons. The van der Waals surface area contributed by atoms with Gasteiger partial charge in [0.15, 0.2) is 6.29 Å².